The maximum absolute atomic E-state index is 13.3. The number of Topliss-reactive ketones (excluding diaryl/α,β-unsaturated/α-hetero) is 1. The summed E-state index contributed by atoms with van der Waals surface area (Å²) in [5.74, 6) is -32.3. The van der Waals surface area contributed by atoms with E-state index in [0.29, 0.717) is 0 Å². The van der Waals surface area contributed by atoms with Crippen LogP contribution >= 0.6 is 0 Å². The Kier molecular flexibility index (Phi) is 7.24. The minimum Gasteiger partial charge on any atom is -0.504 e. The molecule has 1 heterocycles. The Morgan fingerprint density at radius 1 is 0.659 bits per heavy atom. The molecule has 1 unspecified atom stereocenters. The monoisotopic (exact) mass is 635 g/mol. The average molecular weight is 635 g/mol. The van der Waals surface area contributed by atoms with Gasteiger partial charge >= 0.3 is 0 Å². The Morgan fingerprint density at radius 3 is 1.50 bits per heavy atom. The van der Waals surface area contributed by atoms with Gasteiger partial charge in [-0.3, -0.25) is 4.79 Å². The van der Waals surface area contributed by atoms with E-state index in [4.69, 9.17) is 9.47 Å². The van der Waals surface area contributed by atoms with Gasteiger partial charge in [-0.1, -0.05) is 0 Å². The molecule has 0 aromatic heterocycles. The Hall–Kier alpha value is -4.09. The predicted octanol–water partition coefficient (Wildman–Crippen LogP) is -4.73. The van der Waals surface area contributed by atoms with Gasteiger partial charge in [-0.25, -0.2) is 0 Å². The first-order valence-electron chi connectivity index (χ1n) is 12.2. The molecule has 16 N–H and O–H groups in total. The number of hydrogen-bond donors (Lipinski definition) is 16. The second-order valence-corrected chi connectivity index (χ2v) is 10.4. The van der Waals surface area contributed by atoms with Crippen molar-refractivity contribution in [3.05, 3.63) is 16.7 Å². The van der Waals surface area contributed by atoms with Crippen LogP contribution in [0.5, 0.6) is 51.7 Å². The Labute approximate surface area is 244 Å². The van der Waals surface area contributed by atoms with E-state index >= 15 is 0 Å². The van der Waals surface area contributed by atoms with Gasteiger partial charge in [-0.2, -0.15) is 4.90 Å². The van der Waals surface area contributed by atoms with Gasteiger partial charge in [0.2, 0.25) is 28.7 Å². The molecule has 1 aliphatic heterocycles. The first kappa shape index (κ1) is 32.8. The smallest absolute Gasteiger partial charge is 0.289 e. The van der Waals surface area contributed by atoms with Crippen LogP contribution in [0.2, 0.25) is 0 Å². The molecule has 244 valence electrons. The van der Waals surface area contributed by atoms with E-state index in [9.17, 15) is 86.5 Å². The van der Waals surface area contributed by atoms with Gasteiger partial charge in [-0.15, -0.1) is 0 Å². The summed E-state index contributed by atoms with van der Waals surface area (Å²) in [6.45, 7) is -1.84. The number of aliphatic hydroxyl groups is 9. The van der Waals surface area contributed by atoms with Gasteiger partial charge in [0.1, 0.15) is 0 Å². The summed E-state index contributed by atoms with van der Waals surface area (Å²) in [5, 5.41) is 168. The van der Waals surface area contributed by atoms with E-state index in [1.807, 2.05) is 0 Å². The summed E-state index contributed by atoms with van der Waals surface area (Å²) in [6, 6.07) is 0. The molecule has 0 saturated carbocycles. The molecule has 1 fully saturated rings. The number of fused-ring (bicyclic) bond motifs is 1. The normalized spacial score (nSPS) is 22.9. The summed E-state index contributed by atoms with van der Waals surface area (Å²) in [4.78, 5) is 12.4. The van der Waals surface area contributed by atoms with Gasteiger partial charge in [-0.05, 0) is 12.8 Å². The van der Waals surface area contributed by atoms with Crippen LogP contribution in [0.3, 0.4) is 0 Å². The number of nitrogens with zero attached hydrogens (tertiary/aromatic N) is 1. The van der Waals surface area contributed by atoms with Crippen LogP contribution in [-0.4, -0.2) is 136 Å². The standard InChI is InChI=1S/C24H29NO19/c1-43-18-13(29)7-3-6(10(26)9(7)14(30)19(18)44-2)4-20(34)21(35,36)23(39,40)25(24(41,42)22(20,37)38)5-8-11(27)15(31)17(33)16(32)12(8)28/h6,27-42H,3-5H2,1-2H3. The number of ether oxygens (including phenoxy) is 2. The van der Waals surface area contributed by atoms with Crippen LogP contribution in [0.25, 0.3) is 0 Å². The molecular formula is C24H29NO19. The fourth-order valence-corrected chi connectivity index (χ4v) is 5.57. The van der Waals surface area contributed by atoms with Crippen molar-refractivity contribution in [3.63, 3.8) is 0 Å². The maximum atomic E-state index is 13.3. The van der Waals surface area contributed by atoms with Crippen molar-refractivity contribution >= 4 is 5.78 Å². The second-order valence-electron chi connectivity index (χ2n) is 10.4. The second kappa shape index (κ2) is 9.70. The first-order chi connectivity index (χ1) is 20.0. The predicted molar refractivity (Wildman–Crippen MR) is 133 cm³/mol. The highest BCUT2D eigenvalue weighted by Crippen LogP contribution is 2.58. The zero-order valence-corrected chi connectivity index (χ0v) is 22.5. The summed E-state index contributed by atoms with van der Waals surface area (Å²) in [5.41, 5.74) is -6.67. The largest absolute Gasteiger partial charge is 0.504 e. The highest BCUT2D eigenvalue weighted by Gasteiger charge is 2.84. The van der Waals surface area contributed by atoms with Crippen LogP contribution in [0.1, 0.15) is 27.9 Å². The van der Waals surface area contributed by atoms with Crippen molar-refractivity contribution in [1.82, 2.24) is 4.90 Å². The molecule has 2 aliphatic rings. The molecule has 20 nitrogen and oxygen atoms in total. The quantitative estimate of drug-likeness (QED) is 0.0804. The van der Waals surface area contributed by atoms with E-state index in [2.05, 4.69) is 0 Å². The number of carbonyl (C=O) groups is 1. The topological polar surface area (TPSA) is 362 Å². The third-order valence-corrected chi connectivity index (χ3v) is 8.11. The van der Waals surface area contributed by atoms with Crippen molar-refractivity contribution in [2.75, 3.05) is 14.2 Å². The lowest BCUT2D eigenvalue weighted by molar-refractivity contribution is -0.597. The minimum atomic E-state index is -4.74. The minimum absolute atomic E-state index is 0.365. The van der Waals surface area contributed by atoms with Crippen molar-refractivity contribution in [2.45, 2.75) is 48.4 Å². The Bertz CT molecular complexity index is 1490. The molecule has 20 heteroatoms. The highest BCUT2D eigenvalue weighted by molar-refractivity contribution is 6.06. The fraction of sp³-hybridized carbons (Fsp3) is 0.458. The molecule has 0 radical (unpaired) electrons. The number of methoxy groups -OCH3 is 2. The van der Waals surface area contributed by atoms with Crippen molar-refractivity contribution in [3.8, 4) is 51.7 Å². The number of piperidine rings is 1. The van der Waals surface area contributed by atoms with Gasteiger partial charge in [0.15, 0.2) is 34.4 Å². The van der Waals surface area contributed by atoms with Gasteiger partial charge in [0.05, 0.1) is 25.3 Å². The molecule has 0 spiro atoms. The number of phenols is 7. The summed E-state index contributed by atoms with van der Waals surface area (Å²) in [6.07, 6.45) is -2.41. The summed E-state index contributed by atoms with van der Waals surface area (Å²) < 4.78 is 9.89. The maximum Gasteiger partial charge on any atom is 0.289 e. The average Bonchev–Trinajstić information content (AvgIpc) is 3.27. The number of ketones is 1. The number of carbonyl (C=O) groups excluding carboxylic acids is 1. The molecule has 2 aromatic rings. The number of aromatic hydroxyl groups is 7. The highest BCUT2D eigenvalue weighted by atomic mass is 16.7. The number of phenolic OH excluding ortho intramolecular Hbond substituents is 7. The molecule has 44 heavy (non-hydrogen) atoms. The molecule has 0 bridgehead atoms. The fourth-order valence-electron chi connectivity index (χ4n) is 5.57. The lowest BCUT2D eigenvalue weighted by Crippen LogP contribution is -2.93. The van der Waals surface area contributed by atoms with E-state index in [0.717, 1.165) is 14.2 Å². The number of rotatable bonds is 6. The van der Waals surface area contributed by atoms with Crippen LogP contribution in [0.15, 0.2) is 0 Å². The van der Waals surface area contributed by atoms with E-state index in [1.54, 1.807) is 0 Å². The van der Waals surface area contributed by atoms with Crippen molar-refractivity contribution in [2.24, 2.45) is 5.92 Å². The van der Waals surface area contributed by atoms with Crippen molar-refractivity contribution < 1.29 is 96.0 Å². The third kappa shape index (κ3) is 3.78. The van der Waals surface area contributed by atoms with E-state index in [-0.39, 0.29) is 5.56 Å². The third-order valence-electron chi connectivity index (χ3n) is 8.11. The Balaban J connectivity index is 1.83. The zero-order valence-electron chi connectivity index (χ0n) is 22.5. The lowest BCUT2D eigenvalue weighted by atomic mass is 9.69. The molecule has 1 atom stereocenters. The summed E-state index contributed by atoms with van der Waals surface area (Å²) in [7, 11) is 2.11. The molecule has 0 amide bonds. The van der Waals surface area contributed by atoms with E-state index < -0.39 is 128 Å². The Morgan fingerprint density at radius 2 is 1.07 bits per heavy atom. The molecule has 1 aliphatic carbocycles. The van der Waals surface area contributed by atoms with Gasteiger partial charge in [0.25, 0.3) is 23.4 Å². The first-order valence-corrected chi connectivity index (χ1v) is 12.2. The van der Waals surface area contributed by atoms with Crippen LogP contribution in [0, 0.1) is 5.92 Å². The summed E-state index contributed by atoms with van der Waals surface area (Å²) >= 11 is 0. The van der Waals surface area contributed by atoms with Gasteiger partial charge < -0.3 is 91.2 Å². The molecule has 1 saturated heterocycles. The van der Waals surface area contributed by atoms with Crippen LogP contribution in [-0.2, 0) is 13.0 Å². The molecular weight excluding hydrogens is 606 g/mol. The van der Waals surface area contributed by atoms with Crippen LogP contribution in [0.4, 0.5) is 0 Å². The van der Waals surface area contributed by atoms with Crippen molar-refractivity contribution in [1.29, 1.82) is 0 Å². The number of benzene rings is 2. The SMILES string of the molecule is COc1c(O)c2c(c(O)c1OC)C(=O)C(CC1(O)C(O)(O)C(O)(O)N(Cc3c(O)c(O)c(O)c(O)c3O)C(O)(O)C1(O)O)C2. The molecule has 4 rings (SSSR count). The zero-order chi connectivity index (χ0) is 33.7. The lowest BCUT2D eigenvalue weighted by Gasteiger charge is -2.63. The molecule has 2 aromatic carbocycles. The van der Waals surface area contributed by atoms with E-state index in [1.165, 1.54) is 0 Å². The number of likely N-dealkylation sites (tertiary alicyclic amines) is 1. The number of hydrogen-bond acceptors (Lipinski definition) is 20. The van der Waals surface area contributed by atoms with Gasteiger partial charge in [0, 0.05) is 18.0 Å². The van der Waals surface area contributed by atoms with Crippen LogP contribution < -0.4 is 9.47 Å².